The van der Waals surface area contributed by atoms with Crippen molar-refractivity contribution in [2.24, 2.45) is 28.1 Å². The number of hydrogen-bond acceptors (Lipinski definition) is 8. The van der Waals surface area contributed by atoms with Crippen molar-refractivity contribution in [3.8, 4) is 0 Å². The molecule has 0 aromatic heterocycles. The Balaban J connectivity index is 1.80. The van der Waals surface area contributed by atoms with E-state index in [4.69, 9.17) is 18.9 Å². The second kappa shape index (κ2) is 7.17. The SMILES string of the molecule is C=C1C(=O)[C@]23[C@H]4OC(C)(C)O[C@@H]2C[C@@H]2C(C)(C)CC[C@@H](OC(C)=O)[C@@]2(C)[C@@H]3[C@@H](OC(C)=O)C[C@@]14O. The second-order valence-corrected chi connectivity index (χ2v) is 12.8. The lowest BCUT2D eigenvalue weighted by Gasteiger charge is -2.70. The van der Waals surface area contributed by atoms with Crippen molar-refractivity contribution < 1.29 is 38.4 Å². The van der Waals surface area contributed by atoms with Gasteiger partial charge in [0, 0.05) is 37.2 Å². The first-order chi connectivity index (χ1) is 16.0. The number of carbonyl (C=O) groups is 3. The number of ketones is 1. The molecular weight excluding hydrogens is 452 g/mol. The van der Waals surface area contributed by atoms with E-state index in [9.17, 15) is 19.5 Å². The number of Topliss-reactive ketones (excluding diaryl/α,β-unsaturated/α-hetero) is 1. The Hall–Kier alpha value is -1.77. The standard InChI is InChI=1S/C27H38O8/c1-13-21(30)27-19-11-17-23(4,5)10-9-18(33-15(3)29)25(17,8)20(27)16(32-14(2)28)12-26(13,31)22(27)35-24(6,7)34-19/h16-20,22,31H,1,9-12H2,2-8H3/t16-,17+,18+,19+,20-,22-,25-,26+,27-/m0/s1. The van der Waals surface area contributed by atoms with Gasteiger partial charge in [-0.2, -0.15) is 0 Å². The van der Waals surface area contributed by atoms with E-state index in [1.54, 1.807) is 13.8 Å². The van der Waals surface area contributed by atoms with E-state index in [0.29, 0.717) is 12.8 Å². The molecule has 1 heterocycles. The molecule has 1 spiro atoms. The molecule has 35 heavy (non-hydrogen) atoms. The second-order valence-electron chi connectivity index (χ2n) is 12.8. The Bertz CT molecular complexity index is 1010. The summed E-state index contributed by atoms with van der Waals surface area (Å²) in [5, 5.41) is 11.9. The molecule has 8 heteroatoms. The molecule has 0 aromatic carbocycles. The zero-order chi connectivity index (χ0) is 25.9. The van der Waals surface area contributed by atoms with Gasteiger partial charge < -0.3 is 24.1 Å². The lowest BCUT2D eigenvalue weighted by atomic mass is 9.38. The van der Waals surface area contributed by atoms with Crippen LogP contribution in [0, 0.1) is 28.1 Å². The highest BCUT2D eigenvalue weighted by Crippen LogP contribution is 2.74. The van der Waals surface area contributed by atoms with Gasteiger partial charge in [-0.05, 0) is 44.4 Å². The van der Waals surface area contributed by atoms with Crippen molar-refractivity contribution >= 4 is 17.7 Å². The largest absolute Gasteiger partial charge is 0.462 e. The molecular formula is C27H38O8. The Labute approximate surface area is 206 Å². The maximum Gasteiger partial charge on any atom is 0.302 e. The van der Waals surface area contributed by atoms with Crippen molar-refractivity contribution in [3.05, 3.63) is 12.2 Å². The molecule has 0 unspecified atom stereocenters. The van der Waals surface area contributed by atoms with Gasteiger partial charge in [-0.15, -0.1) is 0 Å². The molecule has 2 bridgehead atoms. The first-order valence-corrected chi connectivity index (χ1v) is 12.7. The van der Waals surface area contributed by atoms with Crippen LogP contribution in [0.4, 0.5) is 0 Å². The van der Waals surface area contributed by atoms with Crippen molar-refractivity contribution in [2.45, 2.75) is 110 Å². The third-order valence-electron chi connectivity index (χ3n) is 10.0. The van der Waals surface area contributed by atoms with Crippen LogP contribution in [0.15, 0.2) is 12.2 Å². The van der Waals surface area contributed by atoms with Crippen LogP contribution < -0.4 is 0 Å². The third-order valence-corrected chi connectivity index (χ3v) is 10.0. The zero-order valence-electron chi connectivity index (χ0n) is 21.8. The molecule has 9 atom stereocenters. The minimum absolute atomic E-state index is 0.00538. The number of carbonyl (C=O) groups excluding carboxylic acids is 3. The fourth-order valence-electron chi connectivity index (χ4n) is 8.99. The van der Waals surface area contributed by atoms with E-state index in [0.717, 1.165) is 6.42 Å². The molecule has 5 aliphatic rings. The predicted molar refractivity (Wildman–Crippen MR) is 124 cm³/mol. The lowest BCUT2D eigenvalue weighted by molar-refractivity contribution is -0.406. The monoisotopic (exact) mass is 490 g/mol. The van der Waals surface area contributed by atoms with E-state index < -0.39 is 58.5 Å². The van der Waals surface area contributed by atoms with Crippen LogP contribution in [0.2, 0.25) is 0 Å². The normalized spacial score (nSPS) is 49.0. The third kappa shape index (κ3) is 2.99. The first kappa shape index (κ1) is 24.9. The summed E-state index contributed by atoms with van der Waals surface area (Å²) in [5.41, 5.74) is -3.80. The number of aliphatic hydroxyl groups is 1. The average molecular weight is 491 g/mol. The number of fused-ring (bicyclic) bond motifs is 2. The van der Waals surface area contributed by atoms with Crippen molar-refractivity contribution in [1.82, 2.24) is 0 Å². The van der Waals surface area contributed by atoms with Gasteiger partial charge in [0.1, 0.15) is 23.9 Å². The van der Waals surface area contributed by atoms with E-state index >= 15 is 0 Å². The molecule has 5 rings (SSSR count). The Kier molecular flexibility index (Phi) is 5.10. The van der Waals surface area contributed by atoms with Gasteiger partial charge in [0.05, 0.1) is 11.5 Å². The van der Waals surface area contributed by atoms with E-state index in [1.165, 1.54) is 13.8 Å². The Morgan fingerprint density at radius 3 is 2.29 bits per heavy atom. The fraction of sp³-hybridized carbons (Fsp3) is 0.815. The topological polar surface area (TPSA) is 108 Å². The highest BCUT2D eigenvalue weighted by molar-refractivity contribution is 6.06. The van der Waals surface area contributed by atoms with Crippen molar-refractivity contribution in [2.75, 3.05) is 0 Å². The van der Waals surface area contributed by atoms with Crippen LogP contribution in [0.5, 0.6) is 0 Å². The predicted octanol–water partition coefficient (Wildman–Crippen LogP) is 3.09. The average Bonchev–Trinajstić information content (AvgIpc) is 2.81. The molecule has 0 amide bonds. The molecule has 4 aliphatic carbocycles. The van der Waals surface area contributed by atoms with Gasteiger partial charge in [0.25, 0.3) is 0 Å². The summed E-state index contributed by atoms with van der Waals surface area (Å²) in [7, 11) is 0. The first-order valence-electron chi connectivity index (χ1n) is 12.7. The van der Waals surface area contributed by atoms with Gasteiger partial charge in [-0.1, -0.05) is 27.4 Å². The molecule has 1 saturated heterocycles. The van der Waals surface area contributed by atoms with E-state index in [1.807, 2.05) is 0 Å². The number of hydrogen-bond donors (Lipinski definition) is 1. The Morgan fingerprint density at radius 1 is 1.06 bits per heavy atom. The van der Waals surface area contributed by atoms with Crippen molar-refractivity contribution in [1.29, 1.82) is 0 Å². The van der Waals surface area contributed by atoms with Gasteiger partial charge in [0.15, 0.2) is 11.6 Å². The minimum atomic E-state index is -1.68. The summed E-state index contributed by atoms with van der Waals surface area (Å²) in [6.07, 6.45) is -0.777. The van der Waals surface area contributed by atoms with Gasteiger partial charge in [-0.3, -0.25) is 14.4 Å². The van der Waals surface area contributed by atoms with Crippen molar-refractivity contribution in [3.63, 3.8) is 0 Å². The molecule has 0 aromatic rings. The quantitative estimate of drug-likeness (QED) is 0.465. The van der Waals surface area contributed by atoms with Crippen LogP contribution in [0.1, 0.15) is 74.1 Å². The molecule has 8 nitrogen and oxygen atoms in total. The number of ether oxygens (including phenoxy) is 4. The number of rotatable bonds is 2. The molecule has 194 valence electrons. The van der Waals surface area contributed by atoms with Crippen LogP contribution in [0.3, 0.4) is 0 Å². The summed E-state index contributed by atoms with van der Waals surface area (Å²) in [5.74, 6) is -2.81. The van der Waals surface area contributed by atoms with Crippen LogP contribution >= 0.6 is 0 Å². The van der Waals surface area contributed by atoms with Gasteiger partial charge >= 0.3 is 11.9 Å². The minimum Gasteiger partial charge on any atom is -0.462 e. The van der Waals surface area contributed by atoms with Gasteiger partial charge in [0.2, 0.25) is 0 Å². The Morgan fingerprint density at radius 2 is 1.69 bits per heavy atom. The molecule has 4 saturated carbocycles. The fourth-order valence-corrected chi connectivity index (χ4v) is 8.99. The summed E-state index contributed by atoms with van der Waals surface area (Å²) < 4.78 is 24.8. The summed E-state index contributed by atoms with van der Waals surface area (Å²) in [6.45, 7) is 16.8. The highest BCUT2D eigenvalue weighted by Gasteiger charge is 2.84. The summed E-state index contributed by atoms with van der Waals surface area (Å²) >= 11 is 0. The summed E-state index contributed by atoms with van der Waals surface area (Å²) in [4.78, 5) is 38.8. The molecule has 1 aliphatic heterocycles. The van der Waals surface area contributed by atoms with Crippen LogP contribution in [0.25, 0.3) is 0 Å². The van der Waals surface area contributed by atoms with Gasteiger partial charge in [-0.25, -0.2) is 0 Å². The van der Waals surface area contributed by atoms with E-state index in [-0.39, 0.29) is 35.1 Å². The smallest absolute Gasteiger partial charge is 0.302 e. The number of esters is 2. The molecule has 5 fully saturated rings. The maximum atomic E-state index is 14.2. The summed E-state index contributed by atoms with van der Waals surface area (Å²) in [6, 6.07) is 0. The molecule has 0 radical (unpaired) electrons. The maximum absolute atomic E-state index is 14.2. The van der Waals surface area contributed by atoms with Crippen LogP contribution in [-0.2, 0) is 33.3 Å². The highest BCUT2D eigenvalue weighted by atomic mass is 16.7. The van der Waals surface area contributed by atoms with E-state index in [2.05, 4.69) is 27.4 Å². The lowest BCUT2D eigenvalue weighted by Crippen LogP contribution is -2.78. The van der Waals surface area contributed by atoms with Crippen LogP contribution in [-0.4, -0.2) is 58.6 Å². The molecule has 1 N–H and O–H groups in total. The zero-order valence-corrected chi connectivity index (χ0v) is 21.8.